The second-order valence-corrected chi connectivity index (χ2v) is 6.66. The molecule has 0 atom stereocenters. The van der Waals surface area contributed by atoms with Crippen molar-refractivity contribution in [2.45, 2.75) is 9.96 Å². The third-order valence-electron chi connectivity index (χ3n) is 2.24. The molecule has 1 aromatic heterocycles. The minimum absolute atomic E-state index is 0.0285. The molecular weight excluding hydrogens is 254 g/mol. The molecule has 0 saturated carbocycles. The van der Waals surface area contributed by atoms with Gasteiger partial charge in [0, 0.05) is 0 Å². The van der Waals surface area contributed by atoms with Crippen molar-refractivity contribution in [3.63, 3.8) is 0 Å². The molecule has 0 radical (unpaired) electrons. The molecule has 2 aromatic rings. The van der Waals surface area contributed by atoms with E-state index in [1.54, 1.807) is 41.8 Å². The number of nitrogens with zero attached hydrogens (tertiary/aromatic N) is 1. The van der Waals surface area contributed by atoms with E-state index >= 15 is 0 Å². The van der Waals surface area contributed by atoms with Gasteiger partial charge in [-0.25, -0.2) is 8.42 Å². The summed E-state index contributed by atoms with van der Waals surface area (Å²) in [5, 5.41) is 10.4. The van der Waals surface area contributed by atoms with Gasteiger partial charge in [0.25, 0.3) is 0 Å². The molecule has 2 rings (SSSR count). The Labute approximate surface area is 104 Å². The number of thiophene rings is 1. The highest BCUT2D eigenvalue weighted by molar-refractivity contribution is 7.92. The molecule has 1 heterocycles. The fourth-order valence-corrected chi connectivity index (χ4v) is 3.84. The van der Waals surface area contributed by atoms with Crippen LogP contribution in [0.1, 0.15) is 11.1 Å². The van der Waals surface area contributed by atoms with Gasteiger partial charge in [0.05, 0.1) is 17.4 Å². The van der Waals surface area contributed by atoms with Gasteiger partial charge in [-0.15, -0.1) is 11.3 Å². The highest BCUT2D eigenvalue weighted by Crippen LogP contribution is 2.21. The lowest BCUT2D eigenvalue weighted by atomic mass is 10.2. The Kier molecular flexibility index (Phi) is 3.27. The molecule has 86 valence electrons. The molecular formula is C12H9NO2S2. The maximum Gasteiger partial charge on any atom is 0.191 e. The van der Waals surface area contributed by atoms with Crippen LogP contribution < -0.4 is 0 Å². The Balaban J connectivity index is 2.24. The maximum atomic E-state index is 12.0. The van der Waals surface area contributed by atoms with Crippen molar-refractivity contribution < 1.29 is 8.42 Å². The Morgan fingerprint density at radius 3 is 2.41 bits per heavy atom. The van der Waals surface area contributed by atoms with Gasteiger partial charge in [-0.2, -0.15) is 5.26 Å². The topological polar surface area (TPSA) is 57.9 Å². The van der Waals surface area contributed by atoms with Crippen LogP contribution in [0.25, 0.3) is 0 Å². The van der Waals surface area contributed by atoms with Crippen LogP contribution in [-0.4, -0.2) is 8.42 Å². The molecule has 3 nitrogen and oxygen atoms in total. The Morgan fingerprint density at radius 2 is 1.88 bits per heavy atom. The van der Waals surface area contributed by atoms with Crippen molar-refractivity contribution in [1.82, 2.24) is 0 Å². The minimum atomic E-state index is -3.25. The van der Waals surface area contributed by atoms with Crippen LogP contribution in [0.15, 0.2) is 46.0 Å². The van der Waals surface area contributed by atoms with Crippen molar-refractivity contribution in [3.8, 4) is 6.07 Å². The van der Waals surface area contributed by atoms with Crippen molar-refractivity contribution in [2.24, 2.45) is 0 Å². The van der Waals surface area contributed by atoms with Crippen LogP contribution in [0.2, 0.25) is 0 Å². The minimum Gasteiger partial charge on any atom is -0.223 e. The number of hydrogen-bond donors (Lipinski definition) is 0. The maximum absolute atomic E-state index is 12.0. The molecule has 0 aliphatic carbocycles. The van der Waals surface area contributed by atoms with Crippen LogP contribution in [0.3, 0.4) is 0 Å². The molecule has 0 bridgehead atoms. The second kappa shape index (κ2) is 4.70. The lowest BCUT2D eigenvalue weighted by Gasteiger charge is -2.01. The number of nitriles is 1. The Hall–Kier alpha value is -1.64. The SMILES string of the molecule is N#Cc1ccc(CS(=O)(=O)c2cccs2)cc1. The summed E-state index contributed by atoms with van der Waals surface area (Å²) in [5.41, 5.74) is 1.22. The van der Waals surface area contributed by atoms with Gasteiger partial charge in [-0.3, -0.25) is 0 Å². The van der Waals surface area contributed by atoms with E-state index in [4.69, 9.17) is 5.26 Å². The first-order valence-electron chi connectivity index (χ1n) is 4.87. The molecule has 0 amide bonds. The van der Waals surface area contributed by atoms with Gasteiger partial charge in [0.2, 0.25) is 0 Å². The molecule has 0 aliphatic heterocycles. The molecule has 0 unspecified atom stereocenters. The van der Waals surface area contributed by atoms with Crippen LogP contribution in [-0.2, 0) is 15.6 Å². The van der Waals surface area contributed by atoms with Crippen LogP contribution >= 0.6 is 11.3 Å². The molecule has 0 aliphatic rings. The summed E-state index contributed by atoms with van der Waals surface area (Å²) >= 11 is 1.22. The Bertz CT molecular complexity index is 635. The zero-order valence-corrected chi connectivity index (χ0v) is 10.5. The smallest absolute Gasteiger partial charge is 0.191 e. The third kappa shape index (κ3) is 2.73. The summed E-state index contributed by atoms with van der Waals surface area (Å²) < 4.78 is 24.3. The van der Waals surface area contributed by atoms with E-state index < -0.39 is 9.84 Å². The molecule has 0 spiro atoms. The van der Waals surface area contributed by atoms with E-state index in [1.807, 2.05) is 6.07 Å². The quantitative estimate of drug-likeness (QED) is 0.855. The predicted octanol–water partition coefficient (Wildman–Crippen LogP) is 2.59. The monoisotopic (exact) mass is 263 g/mol. The van der Waals surface area contributed by atoms with Gasteiger partial charge in [-0.1, -0.05) is 18.2 Å². The van der Waals surface area contributed by atoms with Crippen molar-refractivity contribution in [1.29, 1.82) is 5.26 Å². The van der Waals surface area contributed by atoms with E-state index in [1.165, 1.54) is 11.3 Å². The van der Waals surface area contributed by atoms with Crippen LogP contribution in [0.5, 0.6) is 0 Å². The summed E-state index contributed by atoms with van der Waals surface area (Å²) in [7, 11) is -3.25. The molecule has 17 heavy (non-hydrogen) atoms. The van der Waals surface area contributed by atoms with Crippen LogP contribution in [0.4, 0.5) is 0 Å². The largest absolute Gasteiger partial charge is 0.223 e. The average Bonchev–Trinajstić information content (AvgIpc) is 2.84. The van der Waals surface area contributed by atoms with Gasteiger partial charge >= 0.3 is 0 Å². The highest BCUT2D eigenvalue weighted by Gasteiger charge is 2.15. The lowest BCUT2D eigenvalue weighted by molar-refractivity contribution is 0.597. The first kappa shape index (κ1) is 11.8. The summed E-state index contributed by atoms with van der Waals surface area (Å²) in [5.74, 6) is -0.0285. The zero-order chi connectivity index (χ0) is 12.3. The molecule has 0 fully saturated rings. The van der Waals surface area contributed by atoms with Crippen LogP contribution in [0, 0.1) is 11.3 Å². The Morgan fingerprint density at radius 1 is 1.18 bits per heavy atom. The molecule has 0 saturated heterocycles. The number of benzene rings is 1. The summed E-state index contributed by atoms with van der Waals surface area (Å²) in [6.07, 6.45) is 0. The van der Waals surface area contributed by atoms with E-state index in [0.717, 1.165) is 0 Å². The average molecular weight is 263 g/mol. The van der Waals surface area contributed by atoms with E-state index in [9.17, 15) is 8.42 Å². The predicted molar refractivity (Wildman–Crippen MR) is 66.4 cm³/mol. The highest BCUT2D eigenvalue weighted by atomic mass is 32.2. The number of rotatable bonds is 3. The van der Waals surface area contributed by atoms with Crippen molar-refractivity contribution >= 4 is 21.2 Å². The van der Waals surface area contributed by atoms with E-state index in [-0.39, 0.29) is 5.75 Å². The molecule has 5 heteroatoms. The van der Waals surface area contributed by atoms with Gasteiger partial charge in [0.15, 0.2) is 9.84 Å². The first-order valence-corrected chi connectivity index (χ1v) is 7.40. The number of sulfone groups is 1. The van der Waals surface area contributed by atoms with Gasteiger partial charge in [-0.05, 0) is 29.1 Å². The van der Waals surface area contributed by atoms with Crippen molar-refractivity contribution in [3.05, 3.63) is 52.9 Å². The summed E-state index contributed by atoms with van der Waals surface area (Å²) in [4.78, 5) is 0. The van der Waals surface area contributed by atoms with E-state index in [0.29, 0.717) is 15.3 Å². The molecule has 0 N–H and O–H groups in total. The number of hydrogen-bond acceptors (Lipinski definition) is 4. The zero-order valence-electron chi connectivity index (χ0n) is 8.83. The van der Waals surface area contributed by atoms with E-state index in [2.05, 4.69) is 0 Å². The summed E-state index contributed by atoms with van der Waals surface area (Å²) in [6, 6.07) is 11.9. The molecule has 1 aromatic carbocycles. The van der Waals surface area contributed by atoms with Crippen molar-refractivity contribution in [2.75, 3.05) is 0 Å². The first-order chi connectivity index (χ1) is 8.12. The fraction of sp³-hybridized carbons (Fsp3) is 0.0833. The standard InChI is InChI=1S/C12H9NO2S2/c13-8-10-3-5-11(6-4-10)9-17(14,15)12-2-1-7-16-12/h1-7H,9H2. The normalized spacial score (nSPS) is 11.0. The van der Waals surface area contributed by atoms with Gasteiger partial charge in [0.1, 0.15) is 4.21 Å². The summed E-state index contributed by atoms with van der Waals surface area (Å²) in [6.45, 7) is 0. The second-order valence-electron chi connectivity index (χ2n) is 3.50. The lowest BCUT2D eigenvalue weighted by Crippen LogP contribution is -2.02. The fourth-order valence-electron chi connectivity index (χ4n) is 1.41. The van der Waals surface area contributed by atoms with Gasteiger partial charge < -0.3 is 0 Å². The third-order valence-corrected chi connectivity index (χ3v) is 5.42.